The minimum absolute atomic E-state index is 0.0498. The summed E-state index contributed by atoms with van der Waals surface area (Å²) in [7, 11) is -4.20. The van der Waals surface area contributed by atoms with Crippen LogP contribution >= 0.6 is 0 Å². The Hall–Kier alpha value is -3.23. The SMILES string of the molecule is CCN1C(=O)c2cccc3c(S(=O)(=O)NC(Cc4ccccc4)C(=O)[O-])ccc1c23. The van der Waals surface area contributed by atoms with Gasteiger partial charge in [0.1, 0.15) is 0 Å². The predicted octanol–water partition coefficient (Wildman–Crippen LogP) is 1.46. The van der Waals surface area contributed by atoms with Gasteiger partial charge in [-0.05, 0) is 37.1 Å². The Kier molecular flexibility index (Phi) is 5.05. The normalized spacial score (nSPS) is 14.3. The molecule has 4 rings (SSSR count). The number of nitrogens with one attached hydrogen (secondary N) is 1. The first kappa shape index (κ1) is 20.1. The third-order valence-corrected chi connectivity index (χ3v) is 6.75. The fraction of sp³-hybridized carbons (Fsp3) is 0.182. The van der Waals surface area contributed by atoms with Gasteiger partial charge in [-0.1, -0.05) is 42.5 Å². The lowest BCUT2D eigenvalue weighted by Gasteiger charge is -2.21. The first-order valence-electron chi connectivity index (χ1n) is 9.48. The van der Waals surface area contributed by atoms with Gasteiger partial charge in [0.15, 0.2) is 0 Å². The van der Waals surface area contributed by atoms with Crippen molar-refractivity contribution in [3.05, 3.63) is 71.8 Å². The molecule has 1 unspecified atom stereocenters. The average molecular weight is 423 g/mol. The Morgan fingerprint density at radius 3 is 2.47 bits per heavy atom. The van der Waals surface area contributed by atoms with E-state index in [1.165, 1.54) is 6.07 Å². The molecular weight excluding hydrogens is 404 g/mol. The number of carboxylic acids is 1. The molecule has 0 aliphatic carbocycles. The number of rotatable bonds is 7. The highest BCUT2D eigenvalue weighted by Crippen LogP contribution is 2.39. The fourth-order valence-electron chi connectivity index (χ4n) is 3.84. The zero-order valence-electron chi connectivity index (χ0n) is 16.2. The molecule has 1 N–H and O–H groups in total. The molecule has 0 saturated carbocycles. The molecule has 1 heterocycles. The molecule has 0 aromatic heterocycles. The maximum absolute atomic E-state index is 13.1. The van der Waals surface area contributed by atoms with Crippen LogP contribution in [-0.2, 0) is 21.2 Å². The van der Waals surface area contributed by atoms with Gasteiger partial charge in [0.2, 0.25) is 10.0 Å². The van der Waals surface area contributed by atoms with Crippen LogP contribution in [0.25, 0.3) is 10.8 Å². The highest BCUT2D eigenvalue weighted by molar-refractivity contribution is 7.89. The van der Waals surface area contributed by atoms with Crippen LogP contribution in [0.5, 0.6) is 0 Å². The first-order valence-corrected chi connectivity index (χ1v) is 11.0. The smallest absolute Gasteiger partial charge is 0.258 e. The number of carboxylic acid groups (broad SMARTS) is 1. The number of amides is 1. The molecule has 3 aromatic carbocycles. The summed E-state index contributed by atoms with van der Waals surface area (Å²) in [6, 6.07) is 15.2. The Bertz CT molecular complexity index is 1260. The summed E-state index contributed by atoms with van der Waals surface area (Å²) < 4.78 is 28.5. The molecule has 154 valence electrons. The van der Waals surface area contributed by atoms with Crippen LogP contribution in [0.1, 0.15) is 22.8 Å². The average Bonchev–Trinajstić information content (AvgIpc) is 3.01. The van der Waals surface area contributed by atoms with E-state index in [0.29, 0.717) is 34.1 Å². The number of carbonyl (C=O) groups is 2. The summed E-state index contributed by atoms with van der Waals surface area (Å²) in [5.74, 6) is -1.70. The van der Waals surface area contributed by atoms with E-state index in [4.69, 9.17) is 0 Å². The third kappa shape index (κ3) is 3.34. The second-order valence-electron chi connectivity index (χ2n) is 7.04. The number of anilines is 1. The van der Waals surface area contributed by atoms with Crippen LogP contribution in [0.3, 0.4) is 0 Å². The van der Waals surface area contributed by atoms with Crippen LogP contribution in [0.4, 0.5) is 5.69 Å². The zero-order chi connectivity index (χ0) is 21.5. The molecule has 0 radical (unpaired) electrons. The van der Waals surface area contributed by atoms with Crippen molar-refractivity contribution in [2.45, 2.75) is 24.3 Å². The van der Waals surface area contributed by atoms with Crippen molar-refractivity contribution in [3.8, 4) is 0 Å². The number of hydrogen-bond donors (Lipinski definition) is 1. The van der Waals surface area contributed by atoms with E-state index in [9.17, 15) is 23.1 Å². The Balaban J connectivity index is 1.76. The molecular formula is C22H19N2O5S-. The summed E-state index contributed by atoms with van der Waals surface area (Å²) in [4.78, 5) is 25.8. The predicted molar refractivity (Wildman–Crippen MR) is 111 cm³/mol. The van der Waals surface area contributed by atoms with Crippen LogP contribution in [0, 0.1) is 0 Å². The second kappa shape index (κ2) is 7.55. The van der Waals surface area contributed by atoms with E-state index in [0.717, 1.165) is 0 Å². The minimum Gasteiger partial charge on any atom is -0.548 e. The van der Waals surface area contributed by atoms with Crippen molar-refractivity contribution in [1.29, 1.82) is 0 Å². The van der Waals surface area contributed by atoms with E-state index >= 15 is 0 Å². The van der Waals surface area contributed by atoms with Gasteiger partial charge in [-0.3, -0.25) is 4.79 Å². The summed E-state index contributed by atoms with van der Waals surface area (Å²) >= 11 is 0. The number of nitrogens with zero attached hydrogens (tertiary/aromatic N) is 1. The molecule has 1 aliphatic rings. The number of sulfonamides is 1. The monoisotopic (exact) mass is 423 g/mol. The molecule has 7 nitrogen and oxygen atoms in total. The van der Waals surface area contributed by atoms with Gasteiger partial charge < -0.3 is 14.8 Å². The van der Waals surface area contributed by atoms with Gasteiger partial charge >= 0.3 is 0 Å². The standard InChI is InChI=1S/C22H20N2O5S/c1-2-24-18-11-12-19(15-9-6-10-16(20(15)18)21(24)25)30(28,29)23-17(22(26)27)13-14-7-4-3-5-8-14/h3-12,17,23H,2,13H2,1H3,(H,26,27)/p-1. The maximum Gasteiger partial charge on any atom is 0.258 e. The van der Waals surface area contributed by atoms with Gasteiger partial charge in [0.25, 0.3) is 5.91 Å². The maximum atomic E-state index is 13.1. The molecule has 0 bridgehead atoms. The molecule has 0 saturated heterocycles. The number of carbonyl (C=O) groups excluding carboxylic acids is 2. The Morgan fingerprint density at radius 1 is 1.07 bits per heavy atom. The van der Waals surface area contributed by atoms with Crippen molar-refractivity contribution in [2.75, 3.05) is 11.4 Å². The topological polar surface area (TPSA) is 107 Å². The van der Waals surface area contributed by atoms with Gasteiger partial charge in [-0.2, -0.15) is 0 Å². The lowest BCUT2D eigenvalue weighted by Crippen LogP contribution is -2.49. The van der Waals surface area contributed by atoms with Crippen LogP contribution in [-0.4, -0.2) is 32.9 Å². The summed E-state index contributed by atoms with van der Waals surface area (Å²) in [6.45, 7) is 2.30. The van der Waals surface area contributed by atoms with Crippen molar-refractivity contribution >= 4 is 38.4 Å². The largest absolute Gasteiger partial charge is 0.548 e. The van der Waals surface area contributed by atoms with E-state index in [2.05, 4.69) is 4.72 Å². The van der Waals surface area contributed by atoms with Crippen molar-refractivity contribution in [2.24, 2.45) is 0 Å². The van der Waals surface area contributed by atoms with E-state index in [-0.39, 0.29) is 17.2 Å². The van der Waals surface area contributed by atoms with Gasteiger partial charge in [-0.15, -0.1) is 0 Å². The summed E-state index contributed by atoms with van der Waals surface area (Å²) in [6.07, 6.45) is -0.0498. The zero-order valence-corrected chi connectivity index (χ0v) is 17.0. The van der Waals surface area contributed by atoms with Crippen molar-refractivity contribution in [1.82, 2.24) is 4.72 Å². The van der Waals surface area contributed by atoms with Crippen molar-refractivity contribution < 1.29 is 23.1 Å². The third-order valence-electron chi connectivity index (χ3n) is 5.22. The minimum atomic E-state index is -4.20. The second-order valence-corrected chi connectivity index (χ2v) is 8.73. The number of aliphatic carboxylic acids is 1. The molecule has 3 aromatic rings. The van der Waals surface area contributed by atoms with E-state index < -0.39 is 22.0 Å². The molecule has 1 aliphatic heterocycles. The fourth-order valence-corrected chi connectivity index (χ4v) is 5.23. The molecule has 8 heteroatoms. The van der Waals surface area contributed by atoms with Crippen LogP contribution in [0.2, 0.25) is 0 Å². The molecule has 0 spiro atoms. The van der Waals surface area contributed by atoms with Crippen molar-refractivity contribution in [3.63, 3.8) is 0 Å². The number of benzene rings is 3. The summed E-state index contributed by atoms with van der Waals surface area (Å²) in [5.41, 5.74) is 1.74. The highest BCUT2D eigenvalue weighted by Gasteiger charge is 2.32. The number of hydrogen-bond acceptors (Lipinski definition) is 5. The highest BCUT2D eigenvalue weighted by atomic mass is 32.2. The van der Waals surface area contributed by atoms with Gasteiger partial charge in [0.05, 0.1) is 22.6 Å². The quantitative estimate of drug-likeness (QED) is 0.619. The van der Waals surface area contributed by atoms with Crippen LogP contribution in [0.15, 0.2) is 65.6 Å². The lowest BCUT2D eigenvalue weighted by atomic mass is 10.1. The van der Waals surface area contributed by atoms with Gasteiger partial charge in [0, 0.05) is 22.9 Å². The first-order chi connectivity index (χ1) is 14.3. The van der Waals surface area contributed by atoms with E-state index in [1.807, 2.05) is 6.92 Å². The van der Waals surface area contributed by atoms with Gasteiger partial charge in [-0.25, -0.2) is 13.1 Å². The molecule has 0 fully saturated rings. The summed E-state index contributed by atoms with van der Waals surface area (Å²) in [5, 5.41) is 12.6. The Labute approximate surface area is 174 Å². The molecule has 1 amide bonds. The molecule has 1 atom stereocenters. The van der Waals surface area contributed by atoms with Crippen LogP contribution < -0.4 is 14.7 Å². The molecule has 30 heavy (non-hydrogen) atoms. The van der Waals surface area contributed by atoms with E-state index in [1.54, 1.807) is 59.5 Å². The Morgan fingerprint density at radius 2 is 1.80 bits per heavy atom. The lowest BCUT2D eigenvalue weighted by molar-refractivity contribution is -0.307.